The lowest BCUT2D eigenvalue weighted by molar-refractivity contribution is 0.483. The van der Waals surface area contributed by atoms with E-state index in [4.69, 9.17) is 4.55 Å². The summed E-state index contributed by atoms with van der Waals surface area (Å²) in [6, 6.07) is 4.42. The molecule has 0 fully saturated rings. The highest BCUT2D eigenvalue weighted by atomic mass is 79.9. The third-order valence-corrected chi connectivity index (χ3v) is 2.89. The third-order valence-electron chi connectivity index (χ3n) is 1.47. The minimum atomic E-state index is -4.15. The van der Waals surface area contributed by atoms with Crippen LogP contribution in [0.5, 0.6) is 0 Å². The Kier molecular flexibility index (Phi) is 2.90. The molecular weight excluding hydrogens is 256 g/mol. The Bertz CT molecular complexity index is 437. The molecule has 0 aliphatic rings. The molecule has 0 bridgehead atoms. The lowest BCUT2D eigenvalue weighted by atomic mass is 10.2. The zero-order chi connectivity index (χ0) is 10.1. The Morgan fingerprint density at radius 2 is 2.08 bits per heavy atom. The Morgan fingerprint density at radius 3 is 2.54 bits per heavy atom. The van der Waals surface area contributed by atoms with Gasteiger partial charge < -0.3 is 0 Å². The van der Waals surface area contributed by atoms with Crippen molar-refractivity contribution >= 4 is 32.1 Å². The fourth-order valence-corrected chi connectivity index (χ4v) is 1.97. The van der Waals surface area contributed by atoms with E-state index in [1.54, 1.807) is 6.07 Å². The average Bonchev–Trinajstić information content (AvgIpc) is 2.01. The topological polar surface area (TPSA) is 54.4 Å². The molecule has 0 saturated heterocycles. The monoisotopic (exact) mass is 262 g/mol. The minimum absolute atomic E-state index is 0.134. The second kappa shape index (κ2) is 3.61. The van der Waals surface area contributed by atoms with Gasteiger partial charge in [-0.2, -0.15) is 8.42 Å². The molecule has 0 aromatic heterocycles. The fraction of sp³-hybridized carbons (Fsp3) is 0. The van der Waals surface area contributed by atoms with E-state index < -0.39 is 10.1 Å². The zero-order valence-electron chi connectivity index (χ0n) is 6.57. The van der Waals surface area contributed by atoms with E-state index in [2.05, 4.69) is 22.5 Å². The van der Waals surface area contributed by atoms with Gasteiger partial charge >= 0.3 is 0 Å². The Morgan fingerprint density at radius 1 is 1.46 bits per heavy atom. The molecule has 0 radical (unpaired) electrons. The maximum absolute atomic E-state index is 10.8. The van der Waals surface area contributed by atoms with Crippen molar-refractivity contribution in [2.75, 3.05) is 0 Å². The van der Waals surface area contributed by atoms with Gasteiger partial charge in [-0.15, -0.1) is 0 Å². The number of benzene rings is 1. The number of hydrogen-bond acceptors (Lipinski definition) is 2. The quantitative estimate of drug-likeness (QED) is 0.833. The van der Waals surface area contributed by atoms with Crippen molar-refractivity contribution in [2.45, 2.75) is 4.90 Å². The summed E-state index contributed by atoms with van der Waals surface area (Å²) in [7, 11) is -4.15. The zero-order valence-corrected chi connectivity index (χ0v) is 8.97. The largest absolute Gasteiger partial charge is 0.295 e. The molecule has 1 aromatic rings. The van der Waals surface area contributed by atoms with Crippen LogP contribution in [-0.2, 0) is 10.1 Å². The van der Waals surface area contributed by atoms with Crippen LogP contribution >= 0.6 is 15.9 Å². The second-order valence-electron chi connectivity index (χ2n) is 2.36. The summed E-state index contributed by atoms with van der Waals surface area (Å²) in [5.41, 5.74) is 0.372. The molecule has 0 heterocycles. The van der Waals surface area contributed by atoms with Crippen molar-refractivity contribution in [3.05, 3.63) is 34.8 Å². The standard InChI is InChI=1S/C8H7BrO3S/c1-2-6-5-7(9)3-4-8(6)13(10,11)12/h2-5H,1H2,(H,10,11,12). The first-order valence-electron chi connectivity index (χ1n) is 3.34. The summed E-state index contributed by atoms with van der Waals surface area (Å²) in [4.78, 5) is -0.134. The molecule has 1 aromatic carbocycles. The first-order chi connectivity index (χ1) is 5.95. The van der Waals surface area contributed by atoms with Gasteiger partial charge in [0.05, 0.1) is 0 Å². The van der Waals surface area contributed by atoms with Crippen LogP contribution in [0.4, 0.5) is 0 Å². The van der Waals surface area contributed by atoms with Gasteiger partial charge in [-0.25, -0.2) is 0 Å². The van der Waals surface area contributed by atoms with Gasteiger partial charge in [0.1, 0.15) is 4.90 Å². The highest BCUT2D eigenvalue weighted by Crippen LogP contribution is 2.21. The van der Waals surface area contributed by atoms with E-state index in [1.807, 2.05) is 0 Å². The average molecular weight is 263 g/mol. The van der Waals surface area contributed by atoms with Gasteiger partial charge in [0.2, 0.25) is 0 Å². The van der Waals surface area contributed by atoms with Crippen LogP contribution in [0.25, 0.3) is 6.08 Å². The van der Waals surface area contributed by atoms with Crippen molar-refractivity contribution in [1.29, 1.82) is 0 Å². The molecule has 13 heavy (non-hydrogen) atoms. The van der Waals surface area contributed by atoms with Gasteiger partial charge in [-0.1, -0.05) is 28.6 Å². The van der Waals surface area contributed by atoms with Crippen LogP contribution in [0.3, 0.4) is 0 Å². The molecule has 70 valence electrons. The molecule has 0 unspecified atom stereocenters. The van der Waals surface area contributed by atoms with Crippen molar-refractivity contribution in [2.24, 2.45) is 0 Å². The van der Waals surface area contributed by atoms with E-state index in [1.165, 1.54) is 18.2 Å². The van der Waals surface area contributed by atoms with Crippen LogP contribution in [0.2, 0.25) is 0 Å². The molecular formula is C8H7BrO3S. The molecule has 5 heteroatoms. The van der Waals surface area contributed by atoms with Crippen molar-refractivity contribution in [3.8, 4) is 0 Å². The van der Waals surface area contributed by atoms with Gasteiger partial charge in [0, 0.05) is 4.47 Å². The second-order valence-corrected chi connectivity index (χ2v) is 4.67. The Hall–Kier alpha value is -0.650. The normalized spacial score (nSPS) is 11.2. The molecule has 3 nitrogen and oxygen atoms in total. The lowest BCUT2D eigenvalue weighted by Gasteiger charge is -2.02. The Labute approximate surface area is 85.0 Å². The van der Waals surface area contributed by atoms with E-state index in [0.29, 0.717) is 5.56 Å². The maximum atomic E-state index is 10.8. The van der Waals surface area contributed by atoms with E-state index >= 15 is 0 Å². The van der Waals surface area contributed by atoms with E-state index in [9.17, 15) is 8.42 Å². The van der Waals surface area contributed by atoms with Crippen molar-refractivity contribution in [3.63, 3.8) is 0 Å². The fourth-order valence-electron chi connectivity index (χ4n) is 0.914. The SMILES string of the molecule is C=Cc1cc(Br)ccc1S(=O)(=O)O. The van der Waals surface area contributed by atoms with Gasteiger partial charge in [-0.05, 0) is 23.8 Å². The summed E-state index contributed by atoms with van der Waals surface area (Å²) >= 11 is 3.18. The Balaban J connectivity index is 3.47. The van der Waals surface area contributed by atoms with Crippen molar-refractivity contribution < 1.29 is 13.0 Å². The number of halogens is 1. The minimum Gasteiger partial charge on any atom is -0.282 e. The molecule has 0 aliphatic carbocycles. The third kappa shape index (κ3) is 2.40. The predicted octanol–water partition coefficient (Wildman–Crippen LogP) is 2.34. The van der Waals surface area contributed by atoms with E-state index in [0.717, 1.165) is 4.47 Å². The van der Waals surface area contributed by atoms with Crippen LogP contribution in [-0.4, -0.2) is 13.0 Å². The number of rotatable bonds is 2. The summed E-state index contributed by atoms with van der Waals surface area (Å²) in [6.07, 6.45) is 1.37. The van der Waals surface area contributed by atoms with Crippen LogP contribution < -0.4 is 0 Å². The number of hydrogen-bond donors (Lipinski definition) is 1. The molecule has 1 rings (SSSR count). The van der Waals surface area contributed by atoms with Gasteiger partial charge in [0.15, 0.2) is 0 Å². The summed E-state index contributed by atoms with van der Waals surface area (Å²) in [6.45, 7) is 3.45. The first-order valence-corrected chi connectivity index (χ1v) is 5.58. The maximum Gasteiger partial charge on any atom is 0.295 e. The highest BCUT2D eigenvalue weighted by Gasteiger charge is 2.13. The van der Waals surface area contributed by atoms with Crippen LogP contribution in [0.1, 0.15) is 5.56 Å². The summed E-state index contributed by atoms with van der Waals surface area (Å²) in [5.74, 6) is 0. The lowest BCUT2D eigenvalue weighted by Crippen LogP contribution is -2.00. The highest BCUT2D eigenvalue weighted by molar-refractivity contribution is 9.10. The predicted molar refractivity (Wildman–Crippen MR) is 54.0 cm³/mol. The molecule has 0 amide bonds. The van der Waals surface area contributed by atoms with Gasteiger partial charge in [0.25, 0.3) is 10.1 Å². The first kappa shape index (κ1) is 10.4. The van der Waals surface area contributed by atoms with Crippen LogP contribution in [0, 0.1) is 0 Å². The smallest absolute Gasteiger partial charge is 0.282 e. The summed E-state index contributed by atoms with van der Waals surface area (Å²) in [5, 5.41) is 0. The van der Waals surface area contributed by atoms with Crippen molar-refractivity contribution in [1.82, 2.24) is 0 Å². The molecule has 1 N–H and O–H groups in total. The van der Waals surface area contributed by atoms with E-state index in [-0.39, 0.29) is 4.90 Å². The van der Waals surface area contributed by atoms with Gasteiger partial charge in [-0.3, -0.25) is 4.55 Å². The molecule has 0 saturated carbocycles. The van der Waals surface area contributed by atoms with Crippen LogP contribution in [0.15, 0.2) is 34.1 Å². The molecule has 0 spiro atoms. The summed E-state index contributed by atoms with van der Waals surface area (Å²) < 4.78 is 31.2. The molecule has 0 aliphatic heterocycles. The molecule has 0 atom stereocenters.